The number of nitrogens with one attached hydrogen (secondary N) is 1. The molecule has 0 saturated carbocycles. The largest absolute Gasteiger partial charge is 0.495 e. The van der Waals surface area contributed by atoms with Crippen LogP contribution in [-0.4, -0.2) is 51.1 Å². The van der Waals surface area contributed by atoms with Crippen molar-refractivity contribution >= 4 is 33.2 Å². The van der Waals surface area contributed by atoms with Crippen LogP contribution in [-0.2, 0) is 0 Å². The van der Waals surface area contributed by atoms with Gasteiger partial charge in [-0.3, -0.25) is 4.79 Å². The zero-order valence-corrected chi connectivity index (χ0v) is 16.0. The van der Waals surface area contributed by atoms with Crippen molar-refractivity contribution in [2.75, 3.05) is 50.6 Å². The average Bonchev–Trinajstić information content (AvgIpc) is 2.63. The van der Waals surface area contributed by atoms with E-state index in [1.165, 1.54) is 0 Å². The zero-order chi connectivity index (χ0) is 17.8. The van der Waals surface area contributed by atoms with Gasteiger partial charge in [0, 0.05) is 41.9 Å². The molecule has 0 spiro atoms. The van der Waals surface area contributed by atoms with Gasteiger partial charge in [-0.25, -0.2) is 0 Å². The summed E-state index contributed by atoms with van der Waals surface area (Å²) in [6.45, 7) is 3.91. The van der Waals surface area contributed by atoms with Gasteiger partial charge in [0.25, 0.3) is 5.91 Å². The predicted molar refractivity (Wildman–Crippen MR) is 105 cm³/mol. The van der Waals surface area contributed by atoms with Gasteiger partial charge in [0.2, 0.25) is 0 Å². The molecule has 1 heterocycles. The van der Waals surface area contributed by atoms with Crippen molar-refractivity contribution in [1.82, 2.24) is 4.90 Å². The Morgan fingerprint density at radius 1 is 1.08 bits per heavy atom. The molecule has 2 aromatic carbocycles. The molecule has 2 aromatic rings. The standard InChI is InChI=1S/C19H22BrN3O2/c1-22-9-11-23(12-10-22)17-13-16(7-8-18(17)25-2)21-19(24)14-3-5-15(20)6-4-14/h3-8,13H,9-12H2,1-2H3,(H,21,24). The number of carbonyl (C=O) groups is 1. The third kappa shape index (κ3) is 4.32. The van der Waals surface area contributed by atoms with Gasteiger partial charge < -0.3 is 19.9 Å². The summed E-state index contributed by atoms with van der Waals surface area (Å²) in [5, 5.41) is 2.97. The van der Waals surface area contributed by atoms with E-state index < -0.39 is 0 Å². The number of amides is 1. The number of methoxy groups -OCH3 is 1. The molecular weight excluding hydrogens is 382 g/mol. The minimum Gasteiger partial charge on any atom is -0.495 e. The summed E-state index contributed by atoms with van der Waals surface area (Å²) in [5.41, 5.74) is 2.41. The summed E-state index contributed by atoms with van der Waals surface area (Å²) >= 11 is 3.38. The molecule has 0 radical (unpaired) electrons. The predicted octanol–water partition coefficient (Wildman–Crippen LogP) is 3.46. The van der Waals surface area contributed by atoms with Crippen molar-refractivity contribution in [3.05, 3.63) is 52.5 Å². The second-order valence-electron chi connectivity index (χ2n) is 6.14. The SMILES string of the molecule is COc1ccc(NC(=O)c2ccc(Br)cc2)cc1N1CCN(C)CC1. The number of benzene rings is 2. The average molecular weight is 404 g/mol. The molecule has 3 rings (SSSR count). The molecule has 0 unspecified atom stereocenters. The number of nitrogens with zero attached hydrogens (tertiary/aromatic N) is 2. The molecule has 1 aliphatic rings. The van der Waals surface area contributed by atoms with Crippen LogP contribution in [0.5, 0.6) is 5.75 Å². The molecule has 0 aliphatic carbocycles. The first-order chi connectivity index (χ1) is 12.1. The highest BCUT2D eigenvalue weighted by Gasteiger charge is 2.18. The van der Waals surface area contributed by atoms with E-state index in [2.05, 4.69) is 38.1 Å². The van der Waals surface area contributed by atoms with Gasteiger partial charge in [-0.1, -0.05) is 15.9 Å². The Balaban J connectivity index is 1.79. The number of ether oxygens (including phenoxy) is 1. The highest BCUT2D eigenvalue weighted by molar-refractivity contribution is 9.10. The molecule has 1 amide bonds. The molecule has 25 heavy (non-hydrogen) atoms. The van der Waals surface area contributed by atoms with Crippen molar-refractivity contribution in [1.29, 1.82) is 0 Å². The summed E-state index contributed by atoms with van der Waals surface area (Å²) in [6.07, 6.45) is 0. The van der Waals surface area contributed by atoms with E-state index in [1.54, 1.807) is 19.2 Å². The number of hydrogen-bond acceptors (Lipinski definition) is 4. The highest BCUT2D eigenvalue weighted by Crippen LogP contribution is 2.32. The number of rotatable bonds is 4. The lowest BCUT2D eigenvalue weighted by molar-refractivity contribution is 0.102. The summed E-state index contributed by atoms with van der Waals surface area (Å²) in [6, 6.07) is 13.1. The number of halogens is 1. The van der Waals surface area contributed by atoms with Gasteiger partial charge in [-0.05, 0) is 49.5 Å². The van der Waals surface area contributed by atoms with E-state index in [0.717, 1.165) is 47.8 Å². The van der Waals surface area contributed by atoms with Crippen molar-refractivity contribution in [2.24, 2.45) is 0 Å². The summed E-state index contributed by atoms with van der Waals surface area (Å²) in [4.78, 5) is 17.0. The topological polar surface area (TPSA) is 44.8 Å². The molecule has 1 fully saturated rings. The van der Waals surface area contributed by atoms with Gasteiger partial charge in [-0.15, -0.1) is 0 Å². The van der Waals surface area contributed by atoms with E-state index in [9.17, 15) is 4.79 Å². The maximum atomic E-state index is 12.4. The molecular formula is C19H22BrN3O2. The molecule has 132 valence electrons. The minimum absolute atomic E-state index is 0.123. The van der Waals surface area contributed by atoms with E-state index in [1.807, 2.05) is 30.3 Å². The fourth-order valence-corrected chi connectivity index (χ4v) is 3.13. The molecule has 0 atom stereocenters. The van der Waals surface area contributed by atoms with Crippen LogP contribution in [0.25, 0.3) is 0 Å². The van der Waals surface area contributed by atoms with Gasteiger partial charge >= 0.3 is 0 Å². The number of likely N-dealkylation sites (N-methyl/N-ethyl adjacent to an activating group) is 1. The van der Waals surface area contributed by atoms with Gasteiger partial charge in [0.1, 0.15) is 5.75 Å². The number of piperazine rings is 1. The maximum Gasteiger partial charge on any atom is 0.255 e. The van der Waals surface area contributed by atoms with Gasteiger partial charge in [0.05, 0.1) is 12.8 Å². The van der Waals surface area contributed by atoms with E-state index in [-0.39, 0.29) is 5.91 Å². The second-order valence-corrected chi connectivity index (χ2v) is 7.05. The Morgan fingerprint density at radius 3 is 2.40 bits per heavy atom. The summed E-state index contributed by atoms with van der Waals surface area (Å²) < 4.78 is 6.46. The van der Waals surface area contributed by atoms with Gasteiger partial charge in [0.15, 0.2) is 0 Å². The maximum absolute atomic E-state index is 12.4. The minimum atomic E-state index is -0.123. The van der Waals surface area contributed by atoms with Crippen molar-refractivity contribution in [3.63, 3.8) is 0 Å². The first-order valence-corrected chi connectivity index (χ1v) is 9.04. The molecule has 1 aliphatic heterocycles. The van der Waals surface area contributed by atoms with Crippen LogP contribution in [0.3, 0.4) is 0 Å². The van der Waals surface area contributed by atoms with E-state index >= 15 is 0 Å². The van der Waals surface area contributed by atoms with Crippen LogP contribution in [0.2, 0.25) is 0 Å². The summed E-state index contributed by atoms with van der Waals surface area (Å²) in [5.74, 6) is 0.702. The Bertz CT molecular complexity index is 741. The Labute approximate surface area is 156 Å². The lowest BCUT2D eigenvalue weighted by Crippen LogP contribution is -2.44. The fourth-order valence-electron chi connectivity index (χ4n) is 2.87. The quantitative estimate of drug-likeness (QED) is 0.848. The second kappa shape index (κ2) is 7.89. The first-order valence-electron chi connectivity index (χ1n) is 8.25. The molecule has 0 bridgehead atoms. The Kier molecular flexibility index (Phi) is 5.60. The normalized spacial score (nSPS) is 15.1. The zero-order valence-electron chi connectivity index (χ0n) is 14.5. The van der Waals surface area contributed by atoms with Crippen LogP contribution in [0, 0.1) is 0 Å². The monoisotopic (exact) mass is 403 g/mol. The van der Waals surface area contributed by atoms with Crippen LogP contribution in [0.15, 0.2) is 46.9 Å². The Hall–Kier alpha value is -2.05. The van der Waals surface area contributed by atoms with Crippen molar-refractivity contribution < 1.29 is 9.53 Å². The van der Waals surface area contributed by atoms with Crippen molar-refractivity contribution in [2.45, 2.75) is 0 Å². The van der Waals surface area contributed by atoms with Crippen LogP contribution in [0.4, 0.5) is 11.4 Å². The Morgan fingerprint density at radius 2 is 1.76 bits per heavy atom. The molecule has 6 heteroatoms. The van der Waals surface area contributed by atoms with Crippen LogP contribution in [0.1, 0.15) is 10.4 Å². The lowest BCUT2D eigenvalue weighted by atomic mass is 10.2. The lowest BCUT2D eigenvalue weighted by Gasteiger charge is -2.34. The van der Waals surface area contributed by atoms with Crippen molar-refractivity contribution in [3.8, 4) is 5.75 Å². The van der Waals surface area contributed by atoms with Crippen LogP contribution < -0.4 is 15.0 Å². The first kappa shape index (κ1) is 17.8. The highest BCUT2D eigenvalue weighted by atomic mass is 79.9. The summed E-state index contributed by atoms with van der Waals surface area (Å²) in [7, 11) is 3.80. The molecule has 5 nitrogen and oxygen atoms in total. The molecule has 1 N–H and O–H groups in total. The fraction of sp³-hybridized carbons (Fsp3) is 0.316. The van der Waals surface area contributed by atoms with E-state index in [4.69, 9.17) is 4.74 Å². The number of carbonyl (C=O) groups excluding carboxylic acids is 1. The number of anilines is 2. The number of hydrogen-bond donors (Lipinski definition) is 1. The van der Waals surface area contributed by atoms with Gasteiger partial charge in [-0.2, -0.15) is 0 Å². The smallest absolute Gasteiger partial charge is 0.255 e. The molecule has 1 saturated heterocycles. The van der Waals surface area contributed by atoms with Crippen LogP contribution >= 0.6 is 15.9 Å². The molecule has 0 aromatic heterocycles. The third-order valence-corrected chi connectivity index (χ3v) is 4.92. The third-order valence-electron chi connectivity index (χ3n) is 4.39. The van der Waals surface area contributed by atoms with E-state index in [0.29, 0.717) is 5.56 Å².